The predicted octanol–water partition coefficient (Wildman–Crippen LogP) is 9.43. The number of Topliss-reactive ketones (excluding diaryl/α,β-unsaturated/α-hetero) is 2. The van der Waals surface area contributed by atoms with Crippen molar-refractivity contribution < 1.29 is 9.59 Å². The number of unbranched alkanes of at least 4 members (excludes halogenated alkanes) is 11. The van der Waals surface area contributed by atoms with Gasteiger partial charge in [-0.2, -0.15) is 23.5 Å². The molecule has 198 valence electrons. The molecule has 34 heavy (non-hydrogen) atoms. The third kappa shape index (κ3) is 11.8. The Kier molecular flexibility index (Phi) is 17.1. The summed E-state index contributed by atoms with van der Waals surface area (Å²) >= 11 is 4.20. The highest BCUT2D eigenvalue weighted by atomic mass is 32.2. The highest BCUT2D eigenvalue weighted by Gasteiger charge is 2.34. The smallest absolute Gasteiger partial charge is 0.137 e. The summed E-state index contributed by atoms with van der Waals surface area (Å²) in [7, 11) is 0. The molecule has 0 N–H and O–H groups in total. The molecule has 2 saturated carbocycles. The predicted molar refractivity (Wildman–Crippen MR) is 153 cm³/mol. The fourth-order valence-electron chi connectivity index (χ4n) is 5.81. The molecule has 2 aliphatic carbocycles. The molecule has 4 unspecified atom stereocenters. The minimum absolute atomic E-state index is 0.366. The molecule has 4 atom stereocenters. The number of hydrogen-bond acceptors (Lipinski definition) is 4. The average molecular weight is 511 g/mol. The zero-order valence-corrected chi connectivity index (χ0v) is 24.1. The van der Waals surface area contributed by atoms with Gasteiger partial charge in [-0.05, 0) is 50.0 Å². The highest BCUT2D eigenvalue weighted by Crippen LogP contribution is 2.37. The molecule has 0 heterocycles. The maximum absolute atomic E-state index is 12.3. The molecule has 0 aromatic carbocycles. The monoisotopic (exact) mass is 510 g/mol. The maximum Gasteiger partial charge on any atom is 0.137 e. The van der Waals surface area contributed by atoms with Crippen LogP contribution in [0.2, 0.25) is 0 Å². The lowest BCUT2D eigenvalue weighted by Crippen LogP contribution is -2.17. The fourth-order valence-corrected chi connectivity index (χ4v) is 8.77. The quantitative estimate of drug-likeness (QED) is 0.144. The minimum atomic E-state index is 0.366. The van der Waals surface area contributed by atoms with E-state index in [1.54, 1.807) is 0 Å². The molecule has 0 amide bonds. The van der Waals surface area contributed by atoms with Crippen LogP contribution in [0.4, 0.5) is 0 Å². The van der Waals surface area contributed by atoms with Crippen LogP contribution in [0.3, 0.4) is 0 Å². The van der Waals surface area contributed by atoms with Gasteiger partial charge >= 0.3 is 0 Å². The van der Waals surface area contributed by atoms with Crippen molar-refractivity contribution >= 4 is 35.1 Å². The van der Waals surface area contributed by atoms with Gasteiger partial charge in [0.2, 0.25) is 0 Å². The van der Waals surface area contributed by atoms with E-state index >= 15 is 0 Å². The normalized spacial score (nSPS) is 25.0. The van der Waals surface area contributed by atoms with Gasteiger partial charge in [0.25, 0.3) is 0 Å². The molecule has 0 aromatic rings. The second-order valence-electron chi connectivity index (χ2n) is 10.9. The van der Waals surface area contributed by atoms with E-state index in [0.29, 0.717) is 33.9 Å². The van der Waals surface area contributed by atoms with Gasteiger partial charge in [-0.3, -0.25) is 9.59 Å². The Bertz CT molecular complexity index is 502. The van der Waals surface area contributed by atoms with Gasteiger partial charge in [-0.15, -0.1) is 0 Å². The van der Waals surface area contributed by atoms with Crippen LogP contribution >= 0.6 is 23.5 Å². The van der Waals surface area contributed by atoms with E-state index in [1.807, 2.05) is 0 Å². The van der Waals surface area contributed by atoms with Crippen LogP contribution in [-0.4, -0.2) is 33.6 Å². The fraction of sp³-hybridized carbons (Fsp3) is 0.933. The van der Waals surface area contributed by atoms with Gasteiger partial charge in [0.1, 0.15) is 11.6 Å². The molecule has 4 heteroatoms. The zero-order valence-electron chi connectivity index (χ0n) is 22.5. The summed E-state index contributed by atoms with van der Waals surface area (Å²) < 4.78 is 0. The summed E-state index contributed by atoms with van der Waals surface area (Å²) in [6, 6.07) is 0. The molecular formula is C30H54O2S2. The minimum Gasteiger partial charge on any atom is -0.299 e. The van der Waals surface area contributed by atoms with E-state index in [4.69, 9.17) is 0 Å². The number of ketones is 2. The van der Waals surface area contributed by atoms with Gasteiger partial charge in [-0.1, -0.05) is 90.9 Å². The van der Waals surface area contributed by atoms with Crippen LogP contribution < -0.4 is 0 Å². The zero-order chi connectivity index (χ0) is 24.4. The van der Waals surface area contributed by atoms with E-state index in [0.717, 1.165) is 38.5 Å². The molecule has 2 rings (SSSR count). The van der Waals surface area contributed by atoms with Gasteiger partial charge in [0.15, 0.2) is 0 Å². The molecule has 0 saturated heterocycles. The van der Waals surface area contributed by atoms with Crippen molar-refractivity contribution in [2.75, 3.05) is 11.5 Å². The van der Waals surface area contributed by atoms with Crippen molar-refractivity contribution in [2.24, 2.45) is 11.8 Å². The lowest BCUT2D eigenvalue weighted by Gasteiger charge is -2.18. The second kappa shape index (κ2) is 19.2. The number of rotatable bonds is 21. The van der Waals surface area contributed by atoms with Crippen LogP contribution in [0.5, 0.6) is 0 Å². The van der Waals surface area contributed by atoms with E-state index < -0.39 is 0 Å². The van der Waals surface area contributed by atoms with Crippen LogP contribution in [0.15, 0.2) is 0 Å². The molecule has 2 nitrogen and oxygen atoms in total. The van der Waals surface area contributed by atoms with Crippen molar-refractivity contribution in [1.82, 2.24) is 0 Å². The van der Waals surface area contributed by atoms with E-state index in [1.165, 1.54) is 101 Å². The number of carbonyl (C=O) groups is 2. The summed E-state index contributed by atoms with van der Waals surface area (Å²) in [5.41, 5.74) is 0. The third-order valence-corrected chi connectivity index (χ3v) is 11.0. The lowest BCUT2D eigenvalue weighted by atomic mass is 9.98. The van der Waals surface area contributed by atoms with Crippen molar-refractivity contribution in [1.29, 1.82) is 0 Å². The topological polar surface area (TPSA) is 34.1 Å². The first-order valence-corrected chi connectivity index (χ1v) is 17.1. The van der Waals surface area contributed by atoms with Crippen LogP contribution in [0.1, 0.15) is 142 Å². The van der Waals surface area contributed by atoms with Crippen LogP contribution in [-0.2, 0) is 9.59 Å². The van der Waals surface area contributed by atoms with Crippen LogP contribution in [0, 0.1) is 11.8 Å². The van der Waals surface area contributed by atoms with E-state index in [9.17, 15) is 9.59 Å². The summed E-state index contributed by atoms with van der Waals surface area (Å²) in [6.45, 7) is 4.51. The molecule has 0 spiro atoms. The van der Waals surface area contributed by atoms with E-state index in [-0.39, 0.29) is 0 Å². The Morgan fingerprint density at radius 2 is 0.941 bits per heavy atom. The third-order valence-electron chi connectivity index (χ3n) is 8.02. The molecule has 0 aliphatic heterocycles. The van der Waals surface area contributed by atoms with Crippen molar-refractivity contribution in [2.45, 2.75) is 153 Å². The van der Waals surface area contributed by atoms with Crippen molar-refractivity contribution in [3.63, 3.8) is 0 Å². The Balaban J connectivity index is 1.44. The Labute approximate surface area is 220 Å². The summed E-state index contributed by atoms with van der Waals surface area (Å²) in [5, 5.41) is 1.23. The Morgan fingerprint density at radius 1 is 0.559 bits per heavy atom. The molecule has 2 aliphatic rings. The number of hydrogen-bond donors (Lipinski definition) is 0. The SMILES string of the molecule is CCCCCCC1C(=O)CCC1SCCCCCCCCSC1CCC(=O)C1CCCCCC. The lowest BCUT2D eigenvalue weighted by molar-refractivity contribution is -0.121. The van der Waals surface area contributed by atoms with Gasteiger partial charge in [-0.25, -0.2) is 0 Å². The summed E-state index contributed by atoms with van der Waals surface area (Å²) in [4.78, 5) is 24.5. The standard InChI is InChI=1S/C30H54O2S2/c1-3-5-7-13-17-25-27(31)19-21-29(25)33-23-15-11-9-10-12-16-24-34-30-22-20-28(32)26(30)18-14-8-6-4-2/h25-26,29-30H,3-24H2,1-2H3. The molecule has 0 bridgehead atoms. The van der Waals surface area contributed by atoms with E-state index in [2.05, 4.69) is 37.4 Å². The number of carbonyl (C=O) groups excluding carboxylic acids is 2. The first-order chi connectivity index (χ1) is 16.7. The molecular weight excluding hydrogens is 456 g/mol. The Morgan fingerprint density at radius 3 is 1.35 bits per heavy atom. The van der Waals surface area contributed by atoms with Gasteiger partial charge in [0, 0.05) is 35.2 Å². The summed E-state index contributed by atoms with van der Waals surface area (Å²) in [6.07, 6.45) is 24.5. The first-order valence-electron chi connectivity index (χ1n) is 15.0. The molecule has 0 aromatic heterocycles. The number of thioether (sulfide) groups is 2. The highest BCUT2D eigenvalue weighted by molar-refractivity contribution is 8.00. The molecule has 0 radical (unpaired) electrons. The second-order valence-corrected chi connectivity index (χ2v) is 13.6. The first kappa shape index (κ1) is 30.3. The summed E-state index contributed by atoms with van der Waals surface area (Å²) in [5.74, 6) is 4.33. The largest absolute Gasteiger partial charge is 0.299 e. The van der Waals surface area contributed by atoms with Crippen molar-refractivity contribution in [3.05, 3.63) is 0 Å². The van der Waals surface area contributed by atoms with Crippen molar-refractivity contribution in [3.8, 4) is 0 Å². The van der Waals surface area contributed by atoms with Gasteiger partial charge < -0.3 is 0 Å². The average Bonchev–Trinajstić information content (AvgIpc) is 3.37. The van der Waals surface area contributed by atoms with Gasteiger partial charge in [0.05, 0.1) is 0 Å². The van der Waals surface area contributed by atoms with Crippen LogP contribution in [0.25, 0.3) is 0 Å². The maximum atomic E-state index is 12.3. The Hall–Kier alpha value is 0.0400. The molecule has 2 fully saturated rings.